The molecule has 0 aromatic heterocycles. The molecule has 5 rings (SSSR count). The van der Waals surface area contributed by atoms with E-state index >= 15 is 0 Å². The van der Waals surface area contributed by atoms with Gasteiger partial charge in [0.15, 0.2) is 0 Å². The first kappa shape index (κ1) is 33.4. The van der Waals surface area contributed by atoms with Crippen molar-refractivity contribution in [2.24, 2.45) is 11.8 Å². The van der Waals surface area contributed by atoms with Crippen LogP contribution >= 0.6 is 0 Å². The van der Waals surface area contributed by atoms with E-state index in [1.165, 1.54) is 4.90 Å². The van der Waals surface area contributed by atoms with E-state index in [2.05, 4.69) is 20.1 Å². The molecule has 2 unspecified atom stereocenters. The maximum atomic E-state index is 14.8. The molecule has 3 aliphatic rings. The third-order valence-electron chi connectivity index (χ3n) is 9.68. The largest absolute Gasteiger partial charge is 0.494 e. The van der Waals surface area contributed by atoms with Crippen LogP contribution in [0.4, 0.5) is 5.69 Å². The second kappa shape index (κ2) is 14.6. The summed E-state index contributed by atoms with van der Waals surface area (Å²) >= 11 is 0. The van der Waals surface area contributed by atoms with E-state index in [1.807, 2.05) is 61.5 Å². The Morgan fingerprint density at radius 1 is 1.07 bits per heavy atom. The SMILES string of the molecule is C=CCN(CCCCC)C(=O)C1N([C@H](CO)c2ccccc2)C(=O)[C@@H]2[C@@H](C(=O)N(CC=C)c3ccc(OCC)cc3)[C@H]3CCC12O3. The minimum atomic E-state index is -1.19. The van der Waals surface area contributed by atoms with Crippen molar-refractivity contribution in [3.05, 3.63) is 85.5 Å². The van der Waals surface area contributed by atoms with E-state index in [1.54, 1.807) is 22.0 Å². The Bertz CT molecular complexity index is 1400. The highest BCUT2D eigenvalue weighted by atomic mass is 16.5. The molecule has 6 atom stereocenters. The molecule has 0 radical (unpaired) electrons. The fourth-order valence-corrected chi connectivity index (χ4v) is 7.71. The lowest BCUT2D eigenvalue weighted by Gasteiger charge is -2.39. The van der Waals surface area contributed by atoms with Gasteiger partial charge < -0.3 is 29.3 Å². The van der Waals surface area contributed by atoms with Gasteiger partial charge in [0, 0.05) is 25.3 Å². The Hall–Kier alpha value is -3.95. The molecular weight excluding hydrogens is 582 g/mol. The van der Waals surface area contributed by atoms with E-state index in [-0.39, 0.29) is 30.9 Å². The summed E-state index contributed by atoms with van der Waals surface area (Å²) < 4.78 is 12.3. The molecule has 46 heavy (non-hydrogen) atoms. The van der Waals surface area contributed by atoms with E-state index in [4.69, 9.17) is 9.47 Å². The second-order valence-electron chi connectivity index (χ2n) is 12.4. The maximum Gasteiger partial charge on any atom is 0.248 e. The normalized spacial score (nSPS) is 25.2. The van der Waals surface area contributed by atoms with Crippen LogP contribution < -0.4 is 9.64 Å². The van der Waals surface area contributed by atoms with Gasteiger partial charge in [0.2, 0.25) is 17.7 Å². The van der Waals surface area contributed by atoms with Crippen LogP contribution in [0.15, 0.2) is 79.9 Å². The van der Waals surface area contributed by atoms with Crippen LogP contribution in [-0.4, -0.2) is 83.2 Å². The Morgan fingerprint density at radius 2 is 1.78 bits per heavy atom. The average molecular weight is 630 g/mol. The van der Waals surface area contributed by atoms with Crippen LogP contribution in [0.2, 0.25) is 0 Å². The Kier molecular flexibility index (Phi) is 10.6. The zero-order chi connectivity index (χ0) is 32.8. The van der Waals surface area contributed by atoms with Crippen LogP contribution in [0.1, 0.15) is 57.6 Å². The summed E-state index contributed by atoms with van der Waals surface area (Å²) in [5.74, 6) is -1.78. The fourth-order valence-electron chi connectivity index (χ4n) is 7.71. The molecule has 3 fully saturated rings. The number of anilines is 1. The van der Waals surface area contributed by atoms with E-state index in [0.29, 0.717) is 49.5 Å². The molecule has 9 heteroatoms. The van der Waals surface area contributed by atoms with Crippen molar-refractivity contribution >= 4 is 23.4 Å². The van der Waals surface area contributed by atoms with Crippen LogP contribution in [0.5, 0.6) is 5.75 Å². The van der Waals surface area contributed by atoms with Crippen molar-refractivity contribution in [3.8, 4) is 5.75 Å². The summed E-state index contributed by atoms with van der Waals surface area (Å²) in [4.78, 5) is 49.0. The quantitative estimate of drug-likeness (QED) is 0.209. The van der Waals surface area contributed by atoms with Crippen molar-refractivity contribution < 1.29 is 29.0 Å². The first-order valence-corrected chi connectivity index (χ1v) is 16.6. The van der Waals surface area contributed by atoms with Crippen LogP contribution in [0.25, 0.3) is 0 Å². The maximum absolute atomic E-state index is 14.8. The van der Waals surface area contributed by atoms with Crippen molar-refractivity contribution in [1.82, 2.24) is 9.80 Å². The second-order valence-corrected chi connectivity index (χ2v) is 12.4. The number of carbonyl (C=O) groups is 3. The molecule has 3 aliphatic heterocycles. The smallest absolute Gasteiger partial charge is 0.248 e. The summed E-state index contributed by atoms with van der Waals surface area (Å²) in [5.41, 5.74) is 0.184. The van der Waals surface area contributed by atoms with Crippen LogP contribution in [0, 0.1) is 11.8 Å². The number of ether oxygens (including phenoxy) is 2. The molecule has 3 amide bonds. The molecule has 3 heterocycles. The number of amides is 3. The van der Waals surface area contributed by atoms with Crippen molar-refractivity contribution in [2.45, 2.75) is 69.7 Å². The highest BCUT2D eigenvalue weighted by Crippen LogP contribution is 2.60. The monoisotopic (exact) mass is 629 g/mol. The van der Waals surface area contributed by atoms with Crippen molar-refractivity contribution in [1.29, 1.82) is 0 Å². The van der Waals surface area contributed by atoms with Crippen LogP contribution in [-0.2, 0) is 19.1 Å². The predicted molar refractivity (Wildman–Crippen MR) is 177 cm³/mol. The first-order chi connectivity index (χ1) is 22.4. The van der Waals surface area contributed by atoms with Gasteiger partial charge in [-0.2, -0.15) is 0 Å². The lowest BCUT2D eigenvalue weighted by molar-refractivity contribution is -0.151. The van der Waals surface area contributed by atoms with Gasteiger partial charge in [-0.1, -0.05) is 62.2 Å². The average Bonchev–Trinajstić information content (AvgIpc) is 3.72. The van der Waals surface area contributed by atoms with Gasteiger partial charge in [0.1, 0.15) is 17.4 Å². The summed E-state index contributed by atoms with van der Waals surface area (Å²) in [6.07, 6.45) is 6.66. The van der Waals surface area contributed by atoms with Gasteiger partial charge in [0.25, 0.3) is 0 Å². The Balaban J connectivity index is 1.56. The predicted octanol–water partition coefficient (Wildman–Crippen LogP) is 4.92. The molecular formula is C37H47N3O6. The highest BCUT2D eigenvalue weighted by molar-refractivity contribution is 6.03. The zero-order valence-electron chi connectivity index (χ0n) is 27.1. The molecule has 2 aromatic carbocycles. The lowest BCUT2D eigenvalue weighted by Crippen LogP contribution is -2.57. The lowest BCUT2D eigenvalue weighted by atomic mass is 9.70. The number of likely N-dealkylation sites (tertiary alicyclic amines) is 1. The molecule has 9 nitrogen and oxygen atoms in total. The number of rotatable bonds is 16. The third-order valence-corrected chi connectivity index (χ3v) is 9.68. The van der Waals surface area contributed by atoms with Gasteiger partial charge in [-0.3, -0.25) is 14.4 Å². The van der Waals surface area contributed by atoms with Crippen molar-refractivity contribution in [3.63, 3.8) is 0 Å². The number of nitrogens with zero attached hydrogens (tertiary/aromatic N) is 3. The summed E-state index contributed by atoms with van der Waals surface area (Å²) in [7, 11) is 0. The molecule has 0 aliphatic carbocycles. The van der Waals surface area contributed by atoms with Crippen molar-refractivity contribution in [2.75, 3.05) is 37.7 Å². The van der Waals surface area contributed by atoms with E-state index in [9.17, 15) is 19.5 Å². The standard InChI is InChI=1S/C37H47N3O6/c1-5-9-13-24-38(22-6-2)36(44)33-37-21-20-30(46-37)31(32(37)35(43)40(33)29(25-41)26-14-11-10-12-15-26)34(42)39(23-7-3)27-16-18-28(19-17-27)45-8-4/h6-7,10-12,14-19,29-33,41H,2-3,5,8-9,13,20-25H2,1,4H3/t29-,30-,31+,32+,33?,37?/m1/s1. The Morgan fingerprint density at radius 3 is 2.41 bits per heavy atom. The van der Waals surface area contributed by atoms with E-state index in [0.717, 1.165) is 19.3 Å². The molecule has 1 N–H and O–H groups in total. The molecule has 3 saturated heterocycles. The minimum Gasteiger partial charge on any atom is -0.494 e. The number of aliphatic hydroxyl groups is 1. The number of unbranched alkanes of at least 4 members (excludes halogenated alkanes) is 2. The third kappa shape index (κ3) is 5.98. The number of benzene rings is 2. The number of fused-ring (bicyclic) bond motifs is 1. The zero-order valence-corrected chi connectivity index (χ0v) is 27.1. The number of hydrogen-bond donors (Lipinski definition) is 1. The van der Waals surface area contributed by atoms with E-state index < -0.39 is 35.6 Å². The van der Waals surface area contributed by atoms with Gasteiger partial charge in [-0.05, 0) is 56.0 Å². The summed E-state index contributed by atoms with van der Waals surface area (Å²) in [6.45, 7) is 13.0. The van der Waals surface area contributed by atoms with Gasteiger partial charge in [0.05, 0.1) is 37.2 Å². The summed E-state index contributed by atoms with van der Waals surface area (Å²) in [6, 6.07) is 14.8. The fraction of sp³-hybridized carbons (Fsp3) is 0.486. The molecule has 246 valence electrons. The molecule has 0 saturated carbocycles. The minimum absolute atomic E-state index is 0.232. The number of carbonyl (C=O) groups excluding carboxylic acids is 3. The number of hydrogen-bond acceptors (Lipinski definition) is 6. The highest BCUT2D eigenvalue weighted by Gasteiger charge is 2.75. The first-order valence-electron chi connectivity index (χ1n) is 16.6. The molecule has 1 spiro atoms. The van der Waals surface area contributed by atoms with Gasteiger partial charge in [-0.25, -0.2) is 0 Å². The Labute approximate surface area is 272 Å². The molecule has 2 aromatic rings. The number of aliphatic hydroxyl groups excluding tert-OH is 1. The summed E-state index contributed by atoms with van der Waals surface area (Å²) in [5, 5.41) is 10.8. The van der Waals surface area contributed by atoms with Crippen LogP contribution in [0.3, 0.4) is 0 Å². The van der Waals surface area contributed by atoms with Gasteiger partial charge >= 0.3 is 0 Å². The topological polar surface area (TPSA) is 99.6 Å². The van der Waals surface area contributed by atoms with Gasteiger partial charge in [-0.15, -0.1) is 13.2 Å². The molecule has 2 bridgehead atoms.